The summed E-state index contributed by atoms with van der Waals surface area (Å²) in [7, 11) is 0. The maximum absolute atomic E-state index is 14.1. The van der Waals surface area contributed by atoms with E-state index in [1.807, 2.05) is 16.8 Å². The molecule has 2 atom stereocenters. The molecule has 1 aliphatic rings. The van der Waals surface area contributed by atoms with Crippen LogP contribution in [0.4, 0.5) is 10.2 Å². The molecule has 3 rings (SSSR count). The fourth-order valence-electron chi connectivity index (χ4n) is 2.94. The summed E-state index contributed by atoms with van der Waals surface area (Å²) in [5.74, 6) is 1.15. The first-order chi connectivity index (χ1) is 9.70. The molecule has 106 valence electrons. The number of aryl methyl sites for hydroxylation is 1. The largest absolute Gasteiger partial charge is 0.370 e. The average Bonchev–Trinajstić information content (AvgIpc) is 2.83. The van der Waals surface area contributed by atoms with Crippen molar-refractivity contribution >= 4 is 5.82 Å². The molecule has 0 amide bonds. The number of hydrogen-bond acceptors (Lipinski definition) is 2. The second-order valence-corrected chi connectivity index (χ2v) is 5.54. The van der Waals surface area contributed by atoms with Gasteiger partial charge in [0.1, 0.15) is 11.6 Å². The Bertz CT molecular complexity index is 606. The van der Waals surface area contributed by atoms with Crippen LogP contribution in [0.3, 0.4) is 0 Å². The van der Waals surface area contributed by atoms with E-state index >= 15 is 0 Å². The highest BCUT2D eigenvalue weighted by molar-refractivity contribution is 5.42. The summed E-state index contributed by atoms with van der Waals surface area (Å²) >= 11 is 0. The number of benzene rings is 1. The molecule has 1 N–H and O–H groups in total. The lowest BCUT2D eigenvalue weighted by Gasteiger charge is -2.32. The Hall–Kier alpha value is -1.84. The van der Waals surface area contributed by atoms with Crippen LogP contribution in [0.5, 0.6) is 0 Å². The summed E-state index contributed by atoms with van der Waals surface area (Å²) in [6.45, 7) is 5.12. The van der Waals surface area contributed by atoms with Crippen LogP contribution in [0.1, 0.15) is 37.6 Å². The van der Waals surface area contributed by atoms with Gasteiger partial charge in [0.05, 0.1) is 11.7 Å². The van der Waals surface area contributed by atoms with Crippen molar-refractivity contribution in [3.05, 3.63) is 47.4 Å². The summed E-state index contributed by atoms with van der Waals surface area (Å²) in [6.07, 6.45) is 2.02. The lowest BCUT2D eigenvalue weighted by Crippen LogP contribution is -2.32. The van der Waals surface area contributed by atoms with Gasteiger partial charge < -0.3 is 5.32 Å². The Morgan fingerprint density at radius 1 is 1.40 bits per heavy atom. The third-order valence-corrected chi connectivity index (χ3v) is 3.92. The number of halogens is 1. The monoisotopic (exact) mass is 273 g/mol. The number of hydrogen-bond donors (Lipinski definition) is 1. The number of anilines is 1. The molecule has 0 aliphatic carbocycles. The summed E-state index contributed by atoms with van der Waals surface area (Å²) < 4.78 is 16.1. The SMILES string of the molecule is CCCc1cc2n(n1)C(c1ccccc1F)C(C)CN2. The smallest absolute Gasteiger partial charge is 0.128 e. The van der Waals surface area contributed by atoms with Gasteiger partial charge in [-0.15, -0.1) is 0 Å². The van der Waals surface area contributed by atoms with Gasteiger partial charge in [-0.1, -0.05) is 38.5 Å². The quantitative estimate of drug-likeness (QED) is 0.925. The lowest BCUT2D eigenvalue weighted by atomic mass is 9.92. The molecule has 4 heteroatoms. The topological polar surface area (TPSA) is 29.9 Å². The van der Waals surface area contributed by atoms with Gasteiger partial charge in [0.25, 0.3) is 0 Å². The van der Waals surface area contributed by atoms with Crippen LogP contribution in [0.15, 0.2) is 30.3 Å². The van der Waals surface area contributed by atoms with Gasteiger partial charge >= 0.3 is 0 Å². The fraction of sp³-hybridized carbons (Fsp3) is 0.438. The van der Waals surface area contributed by atoms with E-state index in [1.54, 1.807) is 6.07 Å². The third kappa shape index (κ3) is 2.19. The second-order valence-electron chi connectivity index (χ2n) is 5.54. The van der Waals surface area contributed by atoms with E-state index in [-0.39, 0.29) is 11.9 Å². The van der Waals surface area contributed by atoms with Crippen molar-refractivity contribution in [1.29, 1.82) is 0 Å². The average molecular weight is 273 g/mol. The minimum absolute atomic E-state index is 0.0296. The van der Waals surface area contributed by atoms with Gasteiger partial charge in [-0.3, -0.25) is 0 Å². The highest BCUT2D eigenvalue weighted by Crippen LogP contribution is 2.34. The van der Waals surface area contributed by atoms with Crippen molar-refractivity contribution in [2.45, 2.75) is 32.7 Å². The third-order valence-electron chi connectivity index (χ3n) is 3.92. The molecule has 2 aromatic rings. The van der Waals surface area contributed by atoms with Crippen LogP contribution in [0.2, 0.25) is 0 Å². The van der Waals surface area contributed by atoms with Crippen molar-refractivity contribution in [3.63, 3.8) is 0 Å². The van der Waals surface area contributed by atoms with E-state index < -0.39 is 0 Å². The molecule has 1 aromatic heterocycles. The van der Waals surface area contributed by atoms with Gasteiger partial charge in [-0.05, 0) is 12.5 Å². The van der Waals surface area contributed by atoms with Crippen LogP contribution in [0.25, 0.3) is 0 Å². The molecule has 0 saturated heterocycles. The molecule has 1 aliphatic heterocycles. The Labute approximate surface area is 118 Å². The number of nitrogens with zero attached hydrogens (tertiary/aromatic N) is 2. The molecule has 0 radical (unpaired) electrons. The summed E-state index contributed by atoms with van der Waals surface area (Å²) in [5, 5.41) is 8.07. The van der Waals surface area contributed by atoms with E-state index in [9.17, 15) is 4.39 Å². The summed E-state index contributed by atoms with van der Waals surface area (Å²) in [6, 6.07) is 9.08. The lowest BCUT2D eigenvalue weighted by molar-refractivity contribution is 0.359. The molecule has 1 aromatic carbocycles. The van der Waals surface area contributed by atoms with Crippen molar-refractivity contribution in [1.82, 2.24) is 9.78 Å². The zero-order valence-corrected chi connectivity index (χ0v) is 11.9. The zero-order chi connectivity index (χ0) is 14.1. The number of fused-ring (bicyclic) bond motifs is 1. The van der Waals surface area contributed by atoms with Crippen LogP contribution in [0, 0.1) is 11.7 Å². The van der Waals surface area contributed by atoms with Gasteiger partial charge in [0.2, 0.25) is 0 Å². The first kappa shape index (κ1) is 13.2. The minimum atomic E-state index is -0.148. The Kier molecular flexibility index (Phi) is 3.47. The molecule has 0 bridgehead atoms. The number of aromatic nitrogens is 2. The maximum Gasteiger partial charge on any atom is 0.128 e. The van der Waals surface area contributed by atoms with E-state index in [4.69, 9.17) is 0 Å². The molecular formula is C16H20FN3. The first-order valence-electron chi connectivity index (χ1n) is 7.27. The van der Waals surface area contributed by atoms with E-state index in [0.717, 1.165) is 36.5 Å². The Morgan fingerprint density at radius 3 is 2.95 bits per heavy atom. The highest BCUT2D eigenvalue weighted by Gasteiger charge is 2.30. The molecule has 2 unspecified atom stereocenters. The highest BCUT2D eigenvalue weighted by atomic mass is 19.1. The van der Waals surface area contributed by atoms with Gasteiger partial charge in [0.15, 0.2) is 0 Å². The molecule has 0 spiro atoms. The summed E-state index contributed by atoms with van der Waals surface area (Å²) in [5.41, 5.74) is 1.80. The standard InChI is InChI=1S/C16H20FN3/c1-3-6-12-9-15-18-10-11(2)16(20(15)19-12)13-7-4-5-8-14(13)17/h4-5,7-9,11,16,18H,3,6,10H2,1-2H3. The first-order valence-corrected chi connectivity index (χ1v) is 7.27. The predicted molar refractivity (Wildman–Crippen MR) is 78.4 cm³/mol. The van der Waals surface area contributed by atoms with E-state index in [1.165, 1.54) is 6.07 Å². The van der Waals surface area contributed by atoms with Gasteiger partial charge in [0, 0.05) is 24.1 Å². The molecular weight excluding hydrogens is 253 g/mol. The molecule has 20 heavy (non-hydrogen) atoms. The molecule has 3 nitrogen and oxygen atoms in total. The van der Waals surface area contributed by atoms with E-state index in [0.29, 0.717) is 5.92 Å². The van der Waals surface area contributed by atoms with Crippen molar-refractivity contribution in [2.24, 2.45) is 5.92 Å². The Balaban J connectivity index is 2.05. The Morgan fingerprint density at radius 2 is 2.20 bits per heavy atom. The zero-order valence-electron chi connectivity index (χ0n) is 11.9. The van der Waals surface area contributed by atoms with Gasteiger partial charge in [-0.25, -0.2) is 9.07 Å². The minimum Gasteiger partial charge on any atom is -0.370 e. The van der Waals surface area contributed by atoms with E-state index in [2.05, 4.69) is 30.3 Å². The summed E-state index contributed by atoms with van der Waals surface area (Å²) in [4.78, 5) is 0. The molecule has 0 fully saturated rings. The fourth-order valence-corrected chi connectivity index (χ4v) is 2.94. The molecule has 2 heterocycles. The van der Waals surface area contributed by atoms with Crippen LogP contribution in [-0.4, -0.2) is 16.3 Å². The van der Waals surface area contributed by atoms with Crippen molar-refractivity contribution in [3.8, 4) is 0 Å². The van der Waals surface area contributed by atoms with Gasteiger partial charge in [-0.2, -0.15) is 5.10 Å². The van der Waals surface area contributed by atoms with Crippen LogP contribution >= 0.6 is 0 Å². The normalized spacial score (nSPS) is 21.4. The maximum atomic E-state index is 14.1. The predicted octanol–water partition coefficient (Wildman–Crippen LogP) is 3.63. The van der Waals surface area contributed by atoms with Crippen LogP contribution < -0.4 is 5.32 Å². The molecule has 0 saturated carbocycles. The van der Waals surface area contributed by atoms with Crippen molar-refractivity contribution < 1.29 is 4.39 Å². The van der Waals surface area contributed by atoms with Crippen LogP contribution in [-0.2, 0) is 6.42 Å². The number of nitrogens with one attached hydrogen (secondary N) is 1. The second kappa shape index (κ2) is 5.27. The number of rotatable bonds is 3. The van der Waals surface area contributed by atoms with Crippen molar-refractivity contribution in [2.75, 3.05) is 11.9 Å².